The SMILES string of the molecule is COc1ccc(OC)c([C@H]2CCCN2C[C@H](C#N)CCC#N)c1. The quantitative estimate of drug-likeness (QED) is 0.772. The lowest BCUT2D eigenvalue weighted by Gasteiger charge is -2.28. The van der Waals surface area contributed by atoms with Crippen molar-refractivity contribution in [1.29, 1.82) is 10.5 Å². The predicted molar refractivity (Wildman–Crippen MR) is 87.0 cm³/mol. The molecule has 1 aromatic carbocycles. The fraction of sp³-hybridized carbons (Fsp3) is 0.556. The molecule has 0 radical (unpaired) electrons. The zero-order valence-electron chi connectivity index (χ0n) is 13.8. The van der Waals surface area contributed by atoms with Crippen LogP contribution >= 0.6 is 0 Å². The first kappa shape index (κ1) is 17.1. The van der Waals surface area contributed by atoms with Crippen molar-refractivity contribution < 1.29 is 9.47 Å². The van der Waals surface area contributed by atoms with Gasteiger partial charge in [-0.1, -0.05) is 0 Å². The molecular formula is C18H23N3O2. The molecule has 2 atom stereocenters. The Morgan fingerprint density at radius 3 is 2.78 bits per heavy atom. The monoisotopic (exact) mass is 313 g/mol. The zero-order valence-corrected chi connectivity index (χ0v) is 13.8. The summed E-state index contributed by atoms with van der Waals surface area (Å²) in [4.78, 5) is 2.34. The lowest BCUT2D eigenvalue weighted by molar-refractivity contribution is 0.226. The van der Waals surface area contributed by atoms with Crippen molar-refractivity contribution in [2.75, 3.05) is 27.3 Å². The first-order valence-electron chi connectivity index (χ1n) is 7.96. The van der Waals surface area contributed by atoms with E-state index in [2.05, 4.69) is 17.0 Å². The van der Waals surface area contributed by atoms with Crippen LogP contribution in [0.15, 0.2) is 18.2 Å². The molecule has 1 aromatic rings. The van der Waals surface area contributed by atoms with E-state index in [9.17, 15) is 5.26 Å². The van der Waals surface area contributed by atoms with Gasteiger partial charge in [0.05, 0.1) is 32.3 Å². The van der Waals surface area contributed by atoms with Crippen molar-refractivity contribution in [3.05, 3.63) is 23.8 Å². The van der Waals surface area contributed by atoms with Crippen LogP contribution in [0.25, 0.3) is 0 Å². The molecule has 1 saturated heterocycles. The van der Waals surface area contributed by atoms with Gasteiger partial charge in [-0.05, 0) is 44.0 Å². The van der Waals surface area contributed by atoms with Crippen molar-refractivity contribution in [1.82, 2.24) is 4.90 Å². The van der Waals surface area contributed by atoms with Crippen LogP contribution in [-0.2, 0) is 0 Å². The van der Waals surface area contributed by atoms with Gasteiger partial charge >= 0.3 is 0 Å². The first-order valence-corrected chi connectivity index (χ1v) is 7.96. The average Bonchev–Trinajstić information content (AvgIpc) is 3.05. The number of nitriles is 2. The molecule has 1 heterocycles. The lowest BCUT2D eigenvalue weighted by atomic mass is 10.0. The standard InChI is InChI=1S/C18H23N3O2/c1-22-15-7-8-18(23-2)16(11-15)17-6-4-10-21(17)13-14(12-20)5-3-9-19/h7-8,11,14,17H,3-6,10,13H2,1-2H3/t14-,17+/m0/s1. The highest BCUT2D eigenvalue weighted by atomic mass is 16.5. The van der Waals surface area contributed by atoms with Gasteiger partial charge in [0.1, 0.15) is 11.5 Å². The minimum atomic E-state index is -0.105. The van der Waals surface area contributed by atoms with Crippen LogP contribution in [0.4, 0.5) is 0 Å². The van der Waals surface area contributed by atoms with E-state index in [-0.39, 0.29) is 12.0 Å². The third-order valence-electron chi connectivity index (χ3n) is 4.40. The molecule has 0 spiro atoms. The Morgan fingerprint density at radius 1 is 1.30 bits per heavy atom. The molecule has 2 rings (SSSR count). The van der Waals surface area contributed by atoms with Gasteiger partial charge < -0.3 is 9.47 Å². The van der Waals surface area contributed by atoms with Gasteiger partial charge in [-0.15, -0.1) is 0 Å². The van der Waals surface area contributed by atoms with Gasteiger partial charge in [0.15, 0.2) is 0 Å². The molecule has 0 aromatic heterocycles. The number of hydrogen-bond acceptors (Lipinski definition) is 5. The number of rotatable bonds is 7. The number of nitrogens with zero attached hydrogens (tertiary/aromatic N) is 3. The number of hydrogen-bond donors (Lipinski definition) is 0. The maximum Gasteiger partial charge on any atom is 0.123 e. The van der Waals surface area contributed by atoms with E-state index in [0.29, 0.717) is 19.4 Å². The van der Waals surface area contributed by atoms with Gasteiger partial charge in [0.25, 0.3) is 0 Å². The Hall–Kier alpha value is -2.24. The molecule has 0 aliphatic carbocycles. The minimum Gasteiger partial charge on any atom is -0.497 e. The Kier molecular flexibility index (Phi) is 6.26. The predicted octanol–water partition coefficient (Wildman–Crippen LogP) is 3.28. The van der Waals surface area contributed by atoms with Crippen molar-refractivity contribution in [2.45, 2.75) is 31.7 Å². The second-order valence-corrected chi connectivity index (χ2v) is 5.78. The zero-order chi connectivity index (χ0) is 16.7. The maximum absolute atomic E-state index is 9.32. The summed E-state index contributed by atoms with van der Waals surface area (Å²) in [5.74, 6) is 1.56. The van der Waals surface area contributed by atoms with Crippen LogP contribution in [0.2, 0.25) is 0 Å². The Bertz CT molecular complexity index is 603. The van der Waals surface area contributed by atoms with Crippen LogP contribution in [0, 0.1) is 28.6 Å². The molecule has 0 N–H and O–H groups in total. The fourth-order valence-electron chi connectivity index (χ4n) is 3.22. The molecule has 1 fully saturated rings. The fourth-order valence-corrected chi connectivity index (χ4v) is 3.22. The molecule has 0 saturated carbocycles. The van der Waals surface area contributed by atoms with Crippen molar-refractivity contribution >= 4 is 0 Å². The summed E-state index contributed by atoms with van der Waals surface area (Å²) < 4.78 is 10.9. The summed E-state index contributed by atoms with van der Waals surface area (Å²) in [7, 11) is 3.33. The second kappa shape index (κ2) is 8.41. The van der Waals surface area contributed by atoms with Crippen molar-refractivity contribution in [2.24, 2.45) is 5.92 Å². The number of likely N-dealkylation sites (tertiary alicyclic amines) is 1. The summed E-state index contributed by atoms with van der Waals surface area (Å²) in [5.41, 5.74) is 1.11. The Labute approximate surface area is 138 Å². The Morgan fingerprint density at radius 2 is 2.13 bits per heavy atom. The van der Waals surface area contributed by atoms with Gasteiger partial charge in [0, 0.05) is 24.6 Å². The molecule has 23 heavy (non-hydrogen) atoms. The van der Waals surface area contributed by atoms with Gasteiger partial charge in [-0.25, -0.2) is 0 Å². The van der Waals surface area contributed by atoms with E-state index < -0.39 is 0 Å². The van der Waals surface area contributed by atoms with E-state index in [1.165, 1.54) is 0 Å². The highest BCUT2D eigenvalue weighted by molar-refractivity contribution is 5.42. The third kappa shape index (κ3) is 4.15. The van der Waals surface area contributed by atoms with E-state index in [1.807, 2.05) is 18.2 Å². The molecule has 122 valence electrons. The van der Waals surface area contributed by atoms with E-state index in [4.69, 9.17) is 14.7 Å². The molecule has 0 bridgehead atoms. The number of benzene rings is 1. The van der Waals surface area contributed by atoms with Crippen LogP contribution in [0.3, 0.4) is 0 Å². The maximum atomic E-state index is 9.32. The van der Waals surface area contributed by atoms with Gasteiger partial charge in [-0.3, -0.25) is 4.90 Å². The molecular weight excluding hydrogens is 290 g/mol. The second-order valence-electron chi connectivity index (χ2n) is 5.78. The van der Waals surface area contributed by atoms with Crippen LogP contribution < -0.4 is 9.47 Å². The molecule has 0 unspecified atom stereocenters. The highest BCUT2D eigenvalue weighted by Crippen LogP contribution is 2.39. The normalized spacial score (nSPS) is 18.9. The van der Waals surface area contributed by atoms with Gasteiger partial charge in [0.2, 0.25) is 0 Å². The lowest BCUT2D eigenvalue weighted by Crippen LogP contribution is -2.29. The Balaban J connectivity index is 2.18. The molecule has 1 aliphatic rings. The molecule has 5 heteroatoms. The van der Waals surface area contributed by atoms with Crippen molar-refractivity contribution in [3.8, 4) is 23.6 Å². The van der Waals surface area contributed by atoms with Crippen LogP contribution in [-0.4, -0.2) is 32.2 Å². The summed E-state index contributed by atoms with van der Waals surface area (Å²) in [6, 6.07) is 10.6. The topological polar surface area (TPSA) is 69.3 Å². The molecule has 0 amide bonds. The van der Waals surface area contributed by atoms with E-state index >= 15 is 0 Å². The molecule has 1 aliphatic heterocycles. The summed E-state index contributed by atoms with van der Waals surface area (Å²) in [5, 5.41) is 18.0. The number of methoxy groups -OCH3 is 2. The smallest absolute Gasteiger partial charge is 0.123 e. The third-order valence-corrected chi connectivity index (χ3v) is 4.40. The number of ether oxygens (including phenoxy) is 2. The van der Waals surface area contributed by atoms with Crippen LogP contribution in [0.1, 0.15) is 37.3 Å². The highest BCUT2D eigenvalue weighted by Gasteiger charge is 2.30. The minimum absolute atomic E-state index is 0.105. The van der Waals surface area contributed by atoms with E-state index in [1.54, 1.807) is 14.2 Å². The average molecular weight is 313 g/mol. The van der Waals surface area contributed by atoms with Gasteiger partial charge in [-0.2, -0.15) is 10.5 Å². The first-order chi connectivity index (χ1) is 11.2. The summed E-state index contributed by atoms with van der Waals surface area (Å²) >= 11 is 0. The largest absolute Gasteiger partial charge is 0.497 e. The summed E-state index contributed by atoms with van der Waals surface area (Å²) in [6.45, 7) is 1.67. The van der Waals surface area contributed by atoms with Crippen LogP contribution in [0.5, 0.6) is 11.5 Å². The van der Waals surface area contributed by atoms with Crippen molar-refractivity contribution in [3.63, 3.8) is 0 Å². The molecule has 5 nitrogen and oxygen atoms in total. The van der Waals surface area contributed by atoms with E-state index in [0.717, 1.165) is 36.4 Å². The summed E-state index contributed by atoms with van der Waals surface area (Å²) in [6.07, 6.45) is 3.20.